The van der Waals surface area contributed by atoms with E-state index in [4.69, 9.17) is 15.2 Å². The summed E-state index contributed by atoms with van der Waals surface area (Å²) in [5, 5.41) is 2.84. The molecule has 0 aromatic heterocycles. The molecule has 0 aliphatic heterocycles. The normalized spacial score (nSPS) is 12.8. The van der Waals surface area contributed by atoms with Gasteiger partial charge in [-0.05, 0) is 0 Å². The Bertz CT molecular complexity index is 130. The van der Waals surface area contributed by atoms with Crippen molar-refractivity contribution in [2.45, 2.75) is 6.10 Å². The van der Waals surface area contributed by atoms with E-state index in [1.807, 2.05) is 0 Å². The van der Waals surface area contributed by atoms with Crippen LogP contribution in [-0.2, 0) is 14.3 Å². The lowest BCUT2D eigenvalue weighted by Crippen LogP contribution is -2.36. The largest absolute Gasteiger partial charge is 0.382 e. The lowest BCUT2D eigenvalue weighted by atomic mass is 10.3. The zero-order valence-electron chi connectivity index (χ0n) is 7.50. The number of hydrogen-bond acceptors (Lipinski definition) is 4. The SMILES string of the molecule is COCC(CNCC(N)=O)OC. The average molecular weight is 176 g/mol. The number of ether oxygens (including phenoxy) is 2. The maximum absolute atomic E-state index is 10.3. The zero-order chi connectivity index (χ0) is 9.40. The quantitative estimate of drug-likeness (QED) is 0.507. The van der Waals surface area contributed by atoms with Gasteiger partial charge in [0.05, 0.1) is 19.3 Å². The fourth-order valence-corrected chi connectivity index (χ4v) is 0.753. The monoisotopic (exact) mass is 176 g/mol. The Morgan fingerprint density at radius 1 is 1.58 bits per heavy atom. The van der Waals surface area contributed by atoms with Crippen LogP contribution >= 0.6 is 0 Å². The molecular formula is C7H16N2O3. The highest BCUT2D eigenvalue weighted by molar-refractivity contribution is 5.75. The number of nitrogens with two attached hydrogens (primary N) is 1. The van der Waals surface area contributed by atoms with Crippen LogP contribution < -0.4 is 11.1 Å². The van der Waals surface area contributed by atoms with Crippen LogP contribution in [0.25, 0.3) is 0 Å². The third kappa shape index (κ3) is 6.09. The van der Waals surface area contributed by atoms with Gasteiger partial charge in [0.1, 0.15) is 0 Å². The van der Waals surface area contributed by atoms with Gasteiger partial charge in [0.15, 0.2) is 0 Å². The van der Waals surface area contributed by atoms with E-state index >= 15 is 0 Å². The zero-order valence-corrected chi connectivity index (χ0v) is 7.50. The smallest absolute Gasteiger partial charge is 0.231 e. The summed E-state index contributed by atoms with van der Waals surface area (Å²) in [6.45, 7) is 1.24. The molecule has 0 heterocycles. The molecule has 0 radical (unpaired) electrons. The summed E-state index contributed by atoms with van der Waals surface area (Å²) in [5.74, 6) is -0.373. The van der Waals surface area contributed by atoms with Gasteiger partial charge >= 0.3 is 0 Å². The molecule has 0 aliphatic carbocycles. The number of nitrogens with one attached hydrogen (secondary N) is 1. The summed E-state index contributed by atoms with van der Waals surface area (Å²) in [6, 6.07) is 0. The van der Waals surface area contributed by atoms with Crippen LogP contribution in [-0.4, -0.2) is 45.9 Å². The van der Waals surface area contributed by atoms with Crippen molar-refractivity contribution in [1.82, 2.24) is 5.32 Å². The first kappa shape index (κ1) is 11.4. The Balaban J connectivity index is 3.37. The van der Waals surface area contributed by atoms with Crippen LogP contribution in [0.1, 0.15) is 0 Å². The second-order valence-electron chi connectivity index (χ2n) is 2.41. The molecule has 0 aliphatic rings. The van der Waals surface area contributed by atoms with Gasteiger partial charge < -0.3 is 20.5 Å². The van der Waals surface area contributed by atoms with Crippen LogP contribution in [0.15, 0.2) is 0 Å². The van der Waals surface area contributed by atoms with Crippen molar-refractivity contribution in [3.8, 4) is 0 Å². The Hall–Kier alpha value is -0.650. The summed E-state index contributed by atoms with van der Waals surface area (Å²) in [5.41, 5.74) is 4.92. The first-order valence-corrected chi connectivity index (χ1v) is 3.71. The Morgan fingerprint density at radius 2 is 2.25 bits per heavy atom. The summed E-state index contributed by atoms with van der Waals surface area (Å²) in [7, 11) is 3.19. The van der Waals surface area contributed by atoms with Crippen LogP contribution in [0.2, 0.25) is 0 Å². The van der Waals surface area contributed by atoms with E-state index in [2.05, 4.69) is 5.32 Å². The highest BCUT2D eigenvalue weighted by Crippen LogP contribution is 1.87. The van der Waals surface area contributed by atoms with Crippen LogP contribution in [0, 0.1) is 0 Å². The van der Waals surface area contributed by atoms with Gasteiger partial charge in [0.25, 0.3) is 0 Å². The Kier molecular flexibility index (Phi) is 6.64. The third-order valence-corrected chi connectivity index (χ3v) is 1.36. The van der Waals surface area contributed by atoms with Crippen LogP contribution in [0.5, 0.6) is 0 Å². The summed E-state index contributed by atoms with van der Waals surface area (Å²) < 4.78 is 9.90. The molecule has 0 bridgehead atoms. The molecular weight excluding hydrogens is 160 g/mol. The molecule has 72 valence electrons. The minimum Gasteiger partial charge on any atom is -0.382 e. The van der Waals surface area contributed by atoms with Crippen molar-refractivity contribution in [2.24, 2.45) is 5.73 Å². The maximum atomic E-state index is 10.3. The first-order valence-electron chi connectivity index (χ1n) is 3.71. The van der Waals surface area contributed by atoms with Gasteiger partial charge in [-0.3, -0.25) is 4.79 Å². The molecule has 1 amide bonds. The molecule has 0 saturated carbocycles. The molecule has 12 heavy (non-hydrogen) atoms. The van der Waals surface area contributed by atoms with E-state index in [1.165, 1.54) is 0 Å². The van der Waals surface area contributed by atoms with Crippen molar-refractivity contribution in [2.75, 3.05) is 33.9 Å². The van der Waals surface area contributed by atoms with E-state index in [9.17, 15) is 4.79 Å². The van der Waals surface area contributed by atoms with Gasteiger partial charge in [0, 0.05) is 20.8 Å². The number of hydrogen-bond donors (Lipinski definition) is 2. The van der Waals surface area contributed by atoms with Gasteiger partial charge in [-0.15, -0.1) is 0 Å². The minimum absolute atomic E-state index is 0.0330. The molecule has 5 nitrogen and oxygen atoms in total. The number of carbonyl (C=O) groups is 1. The van der Waals surface area contributed by atoms with Crippen LogP contribution in [0.3, 0.4) is 0 Å². The van der Waals surface area contributed by atoms with Gasteiger partial charge in [0.2, 0.25) is 5.91 Å². The summed E-state index contributed by atoms with van der Waals surface area (Å²) >= 11 is 0. The fraction of sp³-hybridized carbons (Fsp3) is 0.857. The highest BCUT2D eigenvalue weighted by atomic mass is 16.5. The Labute approximate surface area is 72.2 Å². The molecule has 0 aromatic rings. The molecule has 0 rings (SSSR count). The van der Waals surface area contributed by atoms with E-state index in [0.717, 1.165) is 0 Å². The number of methoxy groups -OCH3 is 2. The summed E-state index contributed by atoms with van der Waals surface area (Å²) in [6.07, 6.45) is -0.0330. The lowest BCUT2D eigenvalue weighted by molar-refractivity contribution is -0.117. The first-order chi connectivity index (χ1) is 5.70. The predicted molar refractivity (Wildman–Crippen MR) is 44.7 cm³/mol. The maximum Gasteiger partial charge on any atom is 0.231 e. The van der Waals surface area contributed by atoms with Gasteiger partial charge in [-0.1, -0.05) is 0 Å². The van der Waals surface area contributed by atoms with Gasteiger partial charge in [-0.2, -0.15) is 0 Å². The Morgan fingerprint density at radius 3 is 2.67 bits per heavy atom. The number of rotatable bonds is 7. The number of primary amides is 1. The third-order valence-electron chi connectivity index (χ3n) is 1.36. The average Bonchev–Trinajstić information content (AvgIpc) is 2.02. The van der Waals surface area contributed by atoms with Gasteiger partial charge in [-0.25, -0.2) is 0 Å². The topological polar surface area (TPSA) is 73.6 Å². The highest BCUT2D eigenvalue weighted by Gasteiger charge is 2.05. The van der Waals surface area contributed by atoms with Crippen LogP contribution in [0.4, 0.5) is 0 Å². The van der Waals surface area contributed by atoms with Crippen molar-refractivity contribution in [1.29, 1.82) is 0 Å². The lowest BCUT2D eigenvalue weighted by Gasteiger charge is -2.13. The molecule has 0 spiro atoms. The fourth-order valence-electron chi connectivity index (χ4n) is 0.753. The van der Waals surface area contributed by atoms with E-state index in [0.29, 0.717) is 13.2 Å². The molecule has 0 fully saturated rings. The van der Waals surface area contributed by atoms with Crippen molar-refractivity contribution in [3.05, 3.63) is 0 Å². The van der Waals surface area contributed by atoms with E-state index in [1.54, 1.807) is 14.2 Å². The van der Waals surface area contributed by atoms with Crippen molar-refractivity contribution < 1.29 is 14.3 Å². The molecule has 1 unspecified atom stereocenters. The standard InChI is InChI=1S/C7H16N2O3/c1-11-5-6(12-2)3-9-4-7(8)10/h6,9H,3-5H2,1-2H3,(H2,8,10). The number of carbonyl (C=O) groups excluding carboxylic acids is 1. The number of amides is 1. The summed E-state index contributed by atoms with van der Waals surface area (Å²) in [4.78, 5) is 10.3. The molecule has 5 heteroatoms. The molecule has 0 saturated heterocycles. The predicted octanol–water partition coefficient (Wildman–Crippen LogP) is -1.28. The molecule has 0 aromatic carbocycles. The molecule has 1 atom stereocenters. The second-order valence-corrected chi connectivity index (χ2v) is 2.41. The molecule has 3 N–H and O–H groups in total. The second kappa shape index (κ2) is 7.02. The van der Waals surface area contributed by atoms with Crippen molar-refractivity contribution in [3.63, 3.8) is 0 Å². The van der Waals surface area contributed by atoms with E-state index < -0.39 is 0 Å². The van der Waals surface area contributed by atoms with E-state index in [-0.39, 0.29) is 18.6 Å². The van der Waals surface area contributed by atoms with Crippen molar-refractivity contribution >= 4 is 5.91 Å². The minimum atomic E-state index is -0.373.